The number of likely N-dealkylation sites (tertiary alicyclic amines) is 1. The van der Waals surface area contributed by atoms with Crippen molar-refractivity contribution in [2.45, 2.75) is 36.5 Å². The van der Waals surface area contributed by atoms with Crippen LogP contribution in [0.3, 0.4) is 0 Å². The average Bonchev–Trinajstić information content (AvgIpc) is 3.42. The topological polar surface area (TPSA) is 114 Å². The molecule has 8 nitrogen and oxygen atoms in total. The first-order chi connectivity index (χ1) is 18.0. The summed E-state index contributed by atoms with van der Waals surface area (Å²) in [5.74, 6) is -0.190. The second-order valence-corrected chi connectivity index (χ2v) is 13.0. The Bertz CT molecular complexity index is 1190. The third-order valence-electron chi connectivity index (χ3n) is 5.96. The van der Waals surface area contributed by atoms with Gasteiger partial charge in [0.2, 0.25) is 0 Å². The van der Waals surface area contributed by atoms with Crippen LogP contribution in [0.4, 0.5) is 15.3 Å². The summed E-state index contributed by atoms with van der Waals surface area (Å²) in [7, 11) is 0. The van der Waals surface area contributed by atoms with Crippen molar-refractivity contribution in [1.29, 1.82) is 0 Å². The second-order valence-electron chi connectivity index (χ2n) is 8.70. The normalized spacial score (nSPS) is 15.1. The summed E-state index contributed by atoms with van der Waals surface area (Å²) in [6.45, 7) is 0.965. The van der Waals surface area contributed by atoms with E-state index in [-0.39, 0.29) is 16.4 Å². The van der Waals surface area contributed by atoms with Gasteiger partial charge in [-0.2, -0.15) is 0 Å². The van der Waals surface area contributed by atoms with Crippen LogP contribution in [-0.4, -0.2) is 33.4 Å². The number of carbonyl (C=O) groups excluding carboxylic acids is 3. The molecule has 0 radical (unpaired) electrons. The molecule has 0 saturated carbocycles. The fraction of sp³-hybridized carbons (Fsp3) is 0.250. The van der Waals surface area contributed by atoms with Crippen LogP contribution in [0.25, 0.3) is 0 Å². The van der Waals surface area contributed by atoms with Crippen molar-refractivity contribution >= 4 is 41.7 Å². The Kier molecular flexibility index (Phi) is 9.36. The molecule has 0 unspecified atom stereocenters. The third kappa shape index (κ3) is 7.69. The number of amides is 3. The molecule has 4 N–H and O–H groups in total. The molecule has 1 heterocycles. The summed E-state index contributed by atoms with van der Waals surface area (Å²) in [5.41, 5.74) is 9.15. The van der Waals surface area contributed by atoms with Crippen LogP contribution in [0.1, 0.15) is 29.5 Å². The number of carbonyl (C=O) groups is 3. The van der Waals surface area contributed by atoms with E-state index >= 15 is 0 Å². The molecule has 1 atom stereocenters. The number of ether oxygens (including phenoxy) is 1. The van der Waals surface area contributed by atoms with Crippen LogP contribution in [-0.2, 0) is 27.1 Å². The molecule has 0 bridgehead atoms. The van der Waals surface area contributed by atoms with Gasteiger partial charge >= 0.3 is 225 Å². The van der Waals surface area contributed by atoms with Gasteiger partial charge in [0, 0.05) is 0 Å². The summed E-state index contributed by atoms with van der Waals surface area (Å²) in [6.07, 6.45) is 0.717. The monoisotopic (exact) mass is 614 g/mol. The minimum absolute atomic E-state index is 0.121. The number of nitrogens with one attached hydrogen (secondary N) is 2. The zero-order valence-electron chi connectivity index (χ0n) is 20.4. The molecule has 3 amide bonds. The first kappa shape index (κ1) is 26.5. The van der Waals surface area contributed by atoms with E-state index in [4.69, 9.17) is 10.5 Å². The summed E-state index contributed by atoms with van der Waals surface area (Å²) >= 11 is -2.81. The number of halogens is 1. The maximum absolute atomic E-state index is 13.7. The van der Waals surface area contributed by atoms with Gasteiger partial charge in [-0.1, -0.05) is 0 Å². The first-order valence-electron chi connectivity index (χ1n) is 12.1. The zero-order chi connectivity index (χ0) is 26.0. The van der Waals surface area contributed by atoms with Gasteiger partial charge in [0.1, 0.15) is 0 Å². The Hall–Kier alpha value is -3.60. The molecule has 1 saturated heterocycles. The molecule has 1 aliphatic heterocycles. The van der Waals surface area contributed by atoms with Crippen molar-refractivity contribution in [2.24, 2.45) is 0 Å². The van der Waals surface area contributed by atoms with Crippen molar-refractivity contribution in [3.05, 3.63) is 102 Å². The van der Waals surface area contributed by atoms with Crippen molar-refractivity contribution in [3.8, 4) is 0 Å². The van der Waals surface area contributed by atoms with Crippen molar-refractivity contribution in [2.75, 3.05) is 12.3 Å². The van der Waals surface area contributed by atoms with Crippen LogP contribution >= 0.6 is 20.1 Å². The van der Waals surface area contributed by atoms with E-state index in [1.54, 1.807) is 17.0 Å². The van der Waals surface area contributed by atoms with Gasteiger partial charge < -0.3 is 0 Å². The molecule has 4 rings (SSSR count). The molecule has 9 heteroatoms. The quantitative estimate of drug-likeness (QED) is 0.0783. The molecule has 1 aliphatic rings. The summed E-state index contributed by atoms with van der Waals surface area (Å²) in [4.78, 5) is 41.1. The Balaban J connectivity index is 1.41. The number of nitrogens with two attached hydrogens (primary N) is 1. The van der Waals surface area contributed by atoms with Crippen LogP contribution < -0.4 is 14.6 Å². The van der Waals surface area contributed by atoms with Crippen LogP contribution in [0.15, 0.2) is 84.9 Å². The minimum atomic E-state index is -2.81. The predicted octanol–water partition coefficient (Wildman–Crippen LogP) is 5.02. The number of anilines is 1. The van der Waals surface area contributed by atoms with Gasteiger partial charge in [-0.15, -0.1) is 0 Å². The average molecular weight is 614 g/mol. The number of nitrogen functional groups attached to an aromatic ring is 1. The molecular formula is C28H31IN4O4. The number of rotatable bonds is 9. The van der Waals surface area contributed by atoms with Crippen molar-refractivity contribution < 1.29 is 19.1 Å². The predicted molar refractivity (Wildman–Crippen MR) is 152 cm³/mol. The maximum atomic E-state index is 13.7. The first-order valence-corrected chi connectivity index (χ1v) is 15.8. The van der Waals surface area contributed by atoms with Gasteiger partial charge in [0.05, 0.1) is 0 Å². The molecule has 3 aromatic carbocycles. The molecule has 0 aliphatic carbocycles. The number of hydrogen-bond donors (Lipinski definition) is 3. The summed E-state index contributed by atoms with van der Waals surface area (Å²) in [5, 5.41) is 2.94. The fourth-order valence-corrected chi connectivity index (χ4v) is 8.17. The van der Waals surface area contributed by atoms with E-state index in [0.717, 1.165) is 23.1 Å². The third-order valence-corrected chi connectivity index (χ3v) is 10.4. The molecule has 194 valence electrons. The standard InChI is InChI=1S/C28H31IN4O4/c30-24-15-13-22(14-16-24)19-31-26(34)25-12-7-17-33(25)27(35)29(18-21-8-3-1-4-9-21)32-28(36)37-20-23-10-5-2-6-11-23/h1-6,8-11,13-16,25H,7,12,17-20,30H2,(H,31,34)(H,32,36)/t25-/m0/s1. The van der Waals surface area contributed by atoms with Crippen molar-refractivity contribution in [3.63, 3.8) is 0 Å². The number of alkyl halides is 1. The van der Waals surface area contributed by atoms with Crippen LogP contribution in [0, 0.1) is 0 Å². The fourth-order valence-electron chi connectivity index (χ4n) is 4.02. The molecule has 3 aromatic rings. The SMILES string of the molecule is Nc1ccc(CNC(=O)[C@@H]2CCCN2C(=O)I(Cc2ccccc2)NC(=O)OCc2ccccc2)cc1. The zero-order valence-corrected chi connectivity index (χ0v) is 22.6. The summed E-state index contributed by atoms with van der Waals surface area (Å²) in [6, 6.07) is 25.7. The number of benzene rings is 3. The van der Waals surface area contributed by atoms with E-state index in [9.17, 15) is 14.4 Å². The molecule has 0 aromatic heterocycles. The van der Waals surface area contributed by atoms with Gasteiger partial charge in [-0.05, 0) is 0 Å². The second kappa shape index (κ2) is 13.1. The Morgan fingerprint density at radius 3 is 2.22 bits per heavy atom. The molecular weight excluding hydrogens is 583 g/mol. The Morgan fingerprint density at radius 1 is 0.892 bits per heavy atom. The van der Waals surface area contributed by atoms with Crippen LogP contribution in [0.2, 0.25) is 0 Å². The summed E-state index contributed by atoms with van der Waals surface area (Å²) < 4.78 is 8.61. The van der Waals surface area contributed by atoms with Gasteiger partial charge in [-0.3, -0.25) is 0 Å². The van der Waals surface area contributed by atoms with Crippen LogP contribution in [0.5, 0.6) is 0 Å². The Labute approximate surface area is 224 Å². The van der Waals surface area contributed by atoms with E-state index in [0.29, 0.717) is 29.6 Å². The molecule has 1 fully saturated rings. The molecule has 37 heavy (non-hydrogen) atoms. The molecule has 0 spiro atoms. The van der Waals surface area contributed by atoms with Crippen molar-refractivity contribution in [1.82, 2.24) is 13.7 Å². The van der Waals surface area contributed by atoms with E-state index in [1.807, 2.05) is 72.8 Å². The van der Waals surface area contributed by atoms with E-state index in [2.05, 4.69) is 8.85 Å². The van der Waals surface area contributed by atoms with Gasteiger partial charge in [-0.25, -0.2) is 0 Å². The van der Waals surface area contributed by atoms with Gasteiger partial charge in [0.25, 0.3) is 0 Å². The Morgan fingerprint density at radius 2 is 1.54 bits per heavy atom. The van der Waals surface area contributed by atoms with E-state index < -0.39 is 32.2 Å². The number of hydrogen-bond acceptors (Lipinski definition) is 5. The number of nitrogens with zero attached hydrogens (tertiary/aromatic N) is 1. The van der Waals surface area contributed by atoms with Gasteiger partial charge in [0.15, 0.2) is 0 Å². The van der Waals surface area contributed by atoms with E-state index in [1.165, 1.54) is 0 Å².